The molecule has 0 aromatic heterocycles. The lowest BCUT2D eigenvalue weighted by molar-refractivity contribution is -0.385. The van der Waals surface area contributed by atoms with E-state index < -0.39 is 20.8 Å². The van der Waals surface area contributed by atoms with Crippen molar-refractivity contribution in [2.24, 2.45) is 5.10 Å². The first-order valence-corrected chi connectivity index (χ1v) is 8.27. The van der Waals surface area contributed by atoms with E-state index in [4.69, 9.17) is 0 Å². The van der Waals surface area contributed by atoms with Gasteiger partial charge in [-0.15, -0.1) is 0 Å². The van der Waals surface area contributed by atoms with E-state index in [0.717, 1.165) is 6.07 Å². The highest BCUT2D eigenvalue weighted by molar-refractivity contribution is 7.89. The molecule has 0 aliphatic carbocycles. The molecule has 9 heteroatoms. The molecule has 1 N–H and O–H groups in total. The van der Waals surface area contributed by atoms with Crippen LogP contribution in [0.15, 0.2) is 52.5 Å². The molecule has 7 nitrogen and oxygen atoms in total. The van der Waals surface area contributed by atoms with Gasteiger partial charge in [-0.2, -0.15) is 18.4 Å². The van der Waals surface area contributed by atoms with Crippen molar-refractivity contribution >= 4 is 21.4 Å². The van der Waals surface area contributed by atoms with E-state index in [1.54, 1.807) is 6.07 Å². The molecule has 0 aliphatic heterocycles. The molecule has 0 fully saturated rings. The topological polar surface area (TPSA) is 102 Å². The molecule has 0 aliphatic rings. The van der Waals surface area contributed by atoms with Gasteiger partial charge in [0.2, 0.25) is 0 Å². The van der Waals surface area contributed by atoms with Gasteiger partial charge < -0.3 is 0 Å². The van der Waals surface area contributed by atoms with Crippen LogP contribution in [0.1, 0.15) is 18.1 Å². The van der Waals surface area contributed by atoms with Crippen LogP contribution in [0.5, 0.6) is 0 Å². The van der Waals surface area contributed by atoms with Gasteiger partial charge in [-0.3, -0.25) is 10.1 Å². The molecule has 2 aromatic carbocycles. The second-order valence-corrected chi connectivity index (χ2v) is 6.64. The molecular formula is C15H14FN3O4S. The average Bonchev–Trinajstić information content (AvgIpc) is 2.53. The van der Waals surface area contributed by atoms with E-state index in [1.807, 2.05) is 4.83 Å². The number of nitro groups is 1. The molecule has 2 aromatic rings. The number of hydrogen-bond donors (Lipinski definition) is 1. The second kappa shape index (κ2) is 6.75. The Kier molecular flexibility index (Phi) is 4.93. The lowest BCUT2D eigenvalue weighted by atomic mass is 10.1. The second-order valence-electron chi connectivity index (χ2n) is 4.98. The minimum Gasteiger partial charge on any atom is -0.258 e. The number of nitro benzene ring substituents is 1. The maximum atomic E-state index is 13.6. The molecule has 24 heavy (non-hydrogen) atoms. The Morgan fingerprint density at radius 3 is 2.54 bits per heavy atom. The van der Waals surface area contributed by atoms with Crippen LogP contribution in [0.4, 0.5) is 10.1 Å². The molecule has 0 radical (unpaired) electrons. The van der Waals surface area contributed by atoms with Crippen molar-refractivity contribution in [3.63, 3.8) is 0 Å². The third kappa shape index (κ3) is 3.74. The van der Waals surface area contributed by atoms with Crippen molar-refractivity contribution in [2.75, 3.05) is 0 Å². The Labute approximate surface area is 138 Å². The van der Waals surface area contributed by atoms with Gasteiger partial charge in [-0.25, -0.2) is 4.39 Å². The maximum Gasteiger partial charge on any atom is 0.276 e. The van der Waals surface area contributed by atoms with E-state index in [-0.39, 0.29) is 21.9 Å². The fraction of sp³-hybridized carbons (Fsp3) is 0.133. The number of aryl methyl sites for hydroxylation is 1. The van der Waals surface area contributed by atoms with Crippen LogP contribution in [0.2, 0.25) is 0 Å². The summed E-state index contributed by atoms with van der Waals surface area (Å²) in [4.78, 5) is 11.9. The number of sulfonamides is 1. The van der Waals surface area contributed by atoms with E-state index >= 15 is 0 Å². The standard InChI is InChI=1S/C15H14FN3O4S/c1-10-7-8-12(9-15(10)19(20)21)24(22,23)18-17-11(2)13-5-3-4-6-14(13)16/h3-9,18H,1-2H3/b17-11+. The van der Waals surface area contributed by atoms with Gasteiger partial charge in [-0.05, 0) is 26.0 Å². The predicted octanol–water partition coefficient (Wildman–Crippen LogP) is 2.74. The smallest absolute Gasteiger partial charge is 0.258 e. The van der Waals surface area contributed by atoms with Crippen molar-refractivity contribution in [3.05, 3.63) is 69.5 Å². The van der Waals surface area contributed by atoms with E-state index in [9.17, 15) is 22.9 Å². The number of rotatable bonds is 5. The van der Waals surface area contributed by atoms with Crippen molar-refractivity contribution in [3.8, 4) is 0 Å². The summed E-state index contributed by atoms with van der Waals surface area (Å²) in [6, 6.07) is 9.30. The Balaban J connectivity index is 2.32. The van der Waals surface area contributed by atoms with Gasteiger partial charge in [0.25, 0.3) is 15.7 Å². The van der Waals surface area contributed by atoms with Crippen LogP contribution in [-0.2, 0) is 10.0 Å². The Hall–Kier alpha value is -2.81. The molecule has 2 rings (SSSR count). The van der Waals surface area contributed by atoms with E-state index in [1.165, 1.54) is 44.2 Å². The number of nitrogens with zero attached hydrogens (tertiary/aromatic N) is 2. The zero-order valence-corrected chi connectivity index (χ0v) is 13.7. The van der Waals surface area contributed by atoms with Crippen LogP contribution in [0.25, 0.3) is 0 Å². The van der Waals surface area contributed by atoms with Gasteiger partial charge in [-0.1, -0.05) is 24.3 Å². The van der Waals surface area contributed by atoms with Gasteiger partial charge in [0.05, 0.1) is 15.5 Å². The molecule has 0 atom stereocenters. The van der Waals surface area contributed by atoms with Gasteiger partial charge in [0.15, 0.2) is 0 Å². The Bertz CT molecular complexity index is 926. The molecule has 0 unspecified atom stereocenters. The van der Waals surface area contributed by atoms with Crippen LogP contribution in [0.3, 0.4) is 0 Å². The van der Waals surface area contributed by atoms with Crippen LogP contribution in [-0.4, -0.2) is 19.1 Å². The zero-order valence-electron chi connectivity index (χ0n) is 12.9. The fourth-order valence-corrected chi connectivity index (χ4v) is 2.83. The highest BCUT2D eigenvalue weighted by Gasteiger charge is 2.19. The number of hydrazone groups is 1. The minimum absolute atomic E-state index is 0.123. The third-order valence-electron chi connectivity index (χ3n) is 3.28. The molecule has 0 saturated carbocycles. The van der Waals surface area contributed by atoms with Gasteiger partial charge in [0.1, 0.15) is 5.82 Å². The molecule has 0 spiro atoms. The van der Waals surface area contributed by atoms with Crippen LogP contribution in [0, 0.1) is 22.9 Å². The lowest BCUT2D eigenvalue weighted by Crippen LogP contribution is -2.20. The molecule has 0 amide bonds. The first kappa shape index (κ1) is 17.5. The molecule has 126 valence electrons. The summed E-state index contributed by atoms with van der Waals surface area (Å²) in [6.45, 7) is 2.95. The molecular weight excluding hydrogens is 337 g/mol. The van der Waals surface area contributed by atoms with Crippen molar-refractivity contribution in [1.29, 1.82) is 0 Å². The van der Waals surface area contributed by atoms with E-state index in [0.29, 0.717) is 5.56 Å². The minimum atomic E-state index is -4.11. The summed E-state index contributed by atoms with van der Waals surface area (Å²) < 4.78 is 38.0. The van der Waals surface area contributed by atoms with Crippen LogP contribution >= 0.6 is 0 Å². The highest BCUT2D eigenvalue weighted by atomic mass is 32.2. The normalized spacial score (nSPS) is 12.0. The van der Waals surface area contributed by atoms with Crippen LogP contribution < -0.4 is 4.83 Å². The van der Waals surface area contributed by atoms with Crippen molar-refractivity contribution in [2.45, 2.75) is 18.7 Å². The molecule has 0 bridgehead atoms. The predicted molar refractivity (Wildman–Crippen MR) is 86.8 cm³/mol. The fourth-order valence-electron chi connectivity index (χ4n) is 1.95. The number of nitrogens with one attached hydrogen (secondary N) is 1. The lowest BCUT2D eigenvalue weighted by Gasteiger charge is -2.07. The first-order chi connectivity index (χ1) is 11.2. The van der Waals surface area contributed by atoms with Crippen molar-refractivity contribution in [1.82, 2.24) is 4.83 Å². The number of benzene rings is 2. The summed E-state index contributed by atoms with van der Waals surface area (Å²) in [6.07, 6.45) is 0. The summed E-state index contributed by atoms with van der Waals surface area (Å²) in [5.74, 6) is -0.538. The van der Waals surface area contributed by atoms with Gasteiger partial charge >= 0.3 is 0 Å². The quantitative estimate of drug-likeness (QED) is 0.508. The maximum absolute atomic E-state index is 13.6. The molecule has 0 heterocycles. The van der Waals surface area contributed by atoms with E-state index in [2.05, 4.69) is 5.10 Å². The van der Waals surface area contributed by atoms with Gasteiger partial charge in [0, 0.05) is 17.2 Å². The summed E-state index contributed by atoms with van der Waals surface area (Å²) in [5.41, 5.74) is 0.297. The SMILES string of the molecule is C/C(=N\NS(=O)(=O)c1ccc(C)c([N+](=O)[O-])c1)c1ccccc1F. The first-order valence-electron chi connectivity index (χ1n) is 6.78. The Morgan fingerprint density at radius 2 is 1.92 bits per heavy atom. The van der Waals surface area contributed by atoms with Crippen molar-refractivity contribution < 1.29 is 17.7 Å². The molecule has 0 saturated heterocycles. The zero-order chi connectivity index (χ0) is 17.9. The summed E-state index contributed by atoms with van der Waals surface area (Å²) in [5, 5.41) is 14.6. The summed E-state index contributed by atoms with van der Waals surface area (Å²) >= 11 is 0. The monoisotopic (exact) mass is 351 g/mol. The number of hydrogen-bond acceptors (Lipinski definition) is 5. The average molecular weight is 351 g/mol. The number of halogens is 1. The highest BCUT2D eigenvalue weighted by Crippen LogP contribution is 2.22. The third-order valence-corrected chi connectivity index (χ3v) is 4.49. The summed E-state index contributed by atoms with van der Waals surface area (Å²) in [7, 11) is -4.11. The Morgan fingerprint density at radius 1 is 1.25 bits per heavy atom. The largest absolute Gasteiger partial charge is 0.276 e.